The first-order chi connectivity index (χ1) is 15.2. The summed E-state index contributed by atoms with van der Waals surface area (Å²) in [5.74, 6) is -0.327. The smallest absolute Gasteiger partial charge is 0.263 e. The van der Waals surface area contributed by atoms with Crippen molar-refractivity contribution in [3.05, 3.63) is 93.5 Å². The number of benzene rings is 3. The van der Waals surface area contributed by atoms with Crippen LogP contribution in [0.2, 0.25) is 5.02 Å². The van der Waals surface area contributed by atoms with Crippen molar-refractivity contribution in [2.24, 2.45) is 0 Å². The van der Waals surface area contributed by atoms with E-state index in [4.69, 9.17) is 11.6 Å². The molecule has 166 valence electrons. The third-order valence-corrected chi connectivity index (χ3v) is 7.63. The van der Waals surface area contributed by atoms with Gasteiger partial charge in [-0.25, -0.2) is 8.42 Å². The van der Waals surface area contributed by atoms with E-state index in [0.717, 1.165) is 36.0 Å². The van der Waals surface area contributed by atoms with Gasteiger partial charge in [-0.05, 0) is 74.1 Å². The quantitative estimate of drug-likeness (QED) is 0.514. The maximum Gasteiger partial charge on any atom is 0.263 e. The van der Waals surface area contributed by atoms with Gasteiger partial charge in [-0.15, -0.1) is 0 Å². The Morgan fingerprint density at radius 3 is 2.59 bits per heavy atom. The molecule has 0 unspecified atom stereocenters. The van der Waals surface area contributed by atoms with Crippen molar-refractivity contribution >= 4 is 33.2 Å². The van der Waals surface area contributed by atoms with Crippen LogP contribution in [0.4, 0.5) is 5.69 Å². The van der Waals surface area contributed by atoms with Gasteiger partial charge in [0.2, 0.25) is 0 Å². The summed E-state index contributed by atoms with van der Waals surface area (Å²) in [4.78, 5) is 12.9. The van der Waals surface area contributed by atoms with Gasteiger partial charge in [-0.1, -0.05) is 53.6 Å². The lowest BCUT2D eigenvalue weighted by Crippen LogP contribution is -2.31. The molecular weight excluding hydrogens is 444 g/mol. The molecule has 4 rings (SSSR count). The van der Waals surface area contributed by atoms with Gasteiger partial charge in [-0.3, -0.25) is 9.52 Å². The second kappa shape index (κ2) is 8.96. The zero-order valence-electron chi connectivity index (χ0n) is 18.0. The van der Waals surface area contributed by atoms with Crippen molar-refractivity contribution in [1.82, 2.24) is 5.32 Å². The van der Waals surface area contributed by atoms with Crippen LogP contribution in [0.15, 0.2) is 65.6 Å². The number of sulfonamides is 1. The fourth-order valence-electron chi connectivity index (χ4n) is 4.12. The first kappa shape index (κ1) is 22.4. The van der Waals surface area contributed by atoms with E-state index in [9.17, 15) is 13.2 Å². The molecule has 0 saturated heterocycles. The van der Waals surface area contributed by atoms with Gasteiger partial charge < -0.3 is 5.32 Å². The lowest BCUT2D eigenvalue weighted by atomic mass is 9.87. The van der Waals surface area contributed by atoms with E-state index in [1.54, 1.807) is 12.1 Å². The van der Waals surface area contributed by atoms with Crippen molar-refractivity contribution < 1.29 is 13.2 Å². The standard InChI is InChI=1S/C25H25ClN2O3S/c1-16-10-13-22(17(2)14-16)28-32(30,31)24-15-19(11-12-21(24)26)25(29)27-23-9-5-7-18-6-3-4-8-20(18)23/h3-4,6,8,10-15,23,28H,5,7,9H2,1-2H3,(H,27,29)/t23-/m0/s1. The number of hydrogen-bond acceptors (Lipinski definition) is 3. The molecule has 0 aromatic heterocycles. The summed E-state index contributed by atoms with van der Waals surface area (Å²) in [6, 6.07) is 17.7. The zero-order chi connectivity index (χ0) is 22.9. The fourth-order valence-corrected chi connectivity index (χ4v) is 5.78. The maximum atomic E-state index is 13.1. The Morgan fingerprint density at radius 1 is 1.03 bits per heavy atom. The lowest BCUT2D eigenvalue weighted by Gasteiger charge is -2.26. The lowest BCUT2D eigenvalue weighted by molar-refractivity contribution is 0.0932. The SMILES string of the molecule is Cc1ccc(NS(=O)(=O)c2cc(C(=O)N[C@H]3CCCc4ccccc43)ccc2Cl)c(C)c1. The summed E-state index contributed by atoms with van der Waals surface area (Å²) >= 11 is 6.22. The first-order valence-electron chi connectivity index (χ1n) is 10.5. The average molecular weight is 469 g/mol. The van der Waals surface area contributed by atoms with Gasteiger partial charge >= 0.3 is 0 Å². The average Bonchev–Trinajstić information content (AvgIpc) is 2.76. The Labute approximate surface area is 193 Å². The number of rotatable bonds is 5. The number of aryl methyl sites for hydroxylation is 3. The number of nitrogens with one attached hydrogen (secondary N) is 2. The zero-order valence-corrected chi connectivity index (χ0v) is 19.6. The van der Waals surface area contributed by atoms with Gasteiger partial charge in [0.1, 0.15) is 4.90 Å². The highest BCUT2D eigenvalue weighted by atomic mass is 35.5. The molecule has 5 nitrogen and oxygen atoms in total. The van der Waals surface area contributed by atoms with Crippen LogP contribution in [0.5, 0.6) is 0 Å². The summed E-state index contributed by atoms with van der Waals surface area (Å²) < 4.78 is 28.7. The highest BCUT2D eigenvalue weighted by Crippen LogP contribution is 2.31. The number of halogens is 1. The Bertz CT molecular complexity index is 1290. The molecular formula is C25H25ClN2O3S. The summed E-state index contributed by atoms with van der Waals surface area (Å²) in [5.41, 5.74) is 4.91. The van der Waals surface area contributed by atoms with E-state index in [2.05, 4.69) is 16.1 Å². The van der Waals surface area contributed by atoms with E-state index in [1.807, 2.05) is 44.2 Å². The molecule has 0 heterocycles. The Balaban J connectivity index is 1.59. The molecule has 1 aliphatic carbocycles. The normalized spacial score (nSPS) is 15.7. The number of carbonyl (C=O) groups is 1. The van der Waals surface area contributed by atoms with Gasteiger partial charge in [0.15, 0.2) is 0 Å². The highest BCUT2D eigenvalue weighted by Gasteiger charge is 2.24. The maximum absolute atomic E-state index is 13.1. The van der Waals surface area contributed by atoms with Gasteiger partial charge in [0, 0.05) is 5.56 Å². The molecule has 0 fully saturated rings. The largest absolute Gasteiger partial charge is 0.345 e. The molecule has 1 amide bonds. The Hall–Kier alpha value is -2.83. The minimum Gasteiger partial charge on any atom is -0.345 e. The molecule has 0 aliphatic heterocycles. The van der Waals surface area contributed by atoms with Crippen LogP contribution < -0.4 is 10.0 Å². The summed E-state index contributed by atoms with van der Waals surface area (Å²) in [6.45, 7) is 3.77. The second-order valence-corrected chi connectivity index (χ2v) is 10.2. The monoisotopic (exact) mass is 468 g/mol. The molecule has 2 N–H and O–H groups in total. The summed E-state index contributed by atoms with van der Waals surface area (Å²) in [5, 5.41) is 3.11. The predicted octanol–water partition coefficient (Wildman–Crippen LogP) is 5.57. The van der Waals surface area contributed by atoms with E-state index in [1.165, 1.54) is 17.7 Å². The van der Waals surface area contributed by atoms with Crippen molar-refractivity contribution in [1.29, 1.82) is 0 Å². The van der Waals surface area contributed by atoms with E-state index in [-0.39, 0.29) is 27.4 Å². The molecule has 7 heteroatoms. The number of carbonyl (C=O) groups excluding carboxylic acids is 1. The van der Waals surface area contributed by atoms with Gasteiger partial charge in [-0.2, -0.15) is 0 Å². The van der Waals surface area contributed by atoms with Crippen LogP contribution in [-0.2, 0) is 16.4 Å². The topological polar surface area (TPSA) is 75.3 Å². The van der Waals surface area contributed by atoms with E-state index < -0.39 is 10.0 Å². The highest BCUT2D eigenvalue weighted by molar-refractivity contribution is 7.92. The summed E-state index contributed by atoms with van der Waals surface area (Å²) in [6.07, 6.45) is 2.83. The van der Waals surface area contributed by atoms with Gasteiger partial charge in [0.25, 0.3) is 15.9 Å². The molecule has 0 radical (unpaired) electrons. The molecule has 0 spiro atoms. The molecule has 32 heavy (non-hydrogen) atoms. The number of hydrogen-bond donors (Lipinski definition) is 2. The van der Waals surface area contributed by atoms with E-state index in [0.29, 0.717) is 5.69 Å². The second-order valence-electron chi connectivity index (χ2n) is 8.19. The van der Waals surface area contributed by atoms with Crippen molar-refractivity contribution in [2.75, 3.05) is 4.72 Å². The molecule has 1 atom stereocenters. The predicted molar refractivity (Wildman–Crippen MR) is 128 cm³/mol. The molecule has 3 aromatic carbocycles. The Morgan fingerprint density at radius 2 is 1.81 bits per heavy atom. The first-order valence-corrected chi connectivity index (χ1v) is 12.4. The third kappa shape index (κ3) is 4.66. The van der Waals surface area contributed by atoms with Crippen LogP contribution >= 0.6 is 11.6 Å². The minimum absolute atomic E-state index is 0.0572. The van der Waals surface area contributed by atoms with Crippen molar-refractivity contribution in [3.8, 4) is 0 Å². The number of fused-ring (bicyclic) bond motifs is 1. The van der Waals surface area contributed by atoms with Crippen molar-refractivity contribution in [3.63, 3.8) is 0 Å². The van der Waals surface area contributed by atoms with Gasteiger partial charge in [0.05, 0.1) is 16.8 Å². The summed E-state index contributed by atoms with van der Waals surface area (Å²) in [7, 11) is -3.98. The molecule has 0 saturated carbocycles. The Kier molecular flexibility index (Phi) is 6.26. The van der Waals surface area contributed by atoms with Crippen LogP contribution in [0.25, 0.3) is 0 Å². The number of anilines is 1. The van der Waals surface area contributed by atoms with Crippen molar-refractivity contribution in [2.45, 2.75) is 44.0 Å². The minimum atomic E-state index is -3.98. The van der Waals surface area contributed by atoms with Crippen LogP contribution in [0, 0.1) is 13.8 Å². The number of amides is 1. The van der Waals surface area contributed by atoms with Crippen LogP contribution in [-0.4, -0.2) is 14.3 Å². The van der Waals surface area contributed by atoms with E-state index >= 15 is 0 Å². The van der Waals surface area contributed by atoms with Crippen LogP contribution in [0.3, 0.4) is 0 Å². The molecule has 0 bridgehead atoms. The van der Waals surface area contributed by atoms with Crippen LogP contribution in [0.1, 0.15) is 51.5 Å². The fraction of sp³-hybridized carbons (Fsp3) is 0.240. The molecule has 3 aromatic rings. The molecule has 1 aliphatic rings. The third-order valence-electron chi connectivity index (χ3n) is 5.78.